The number of ether oxygens (including phenoxy) is 1. The molecule has 1 aliphatic heterocycles. The van der Waals surface area contributed by atoms with E-state index in [1.165, 1.54) is 12.1 Å². The fourth-order valence-electron chi connectivity index (χ4n) is 5.87. The summed E-state index contributed by atoms with van der Waals surface area (Å²) in [6.07, 6.45) is 1.23. The molecule has 3 aromatic rings. The highest BCUT2D eigenvalue weighted by Gasteiger charge is 2.51. The summed E-state index contributed by atoms with van der Waals surface area (Å²) in [7, 11) is 0. The van der Waals surface area contributed by atoms with Gasteiger partial charge in [0.25, 0.3) is 12.3 Å². The second-order valence-corrected chi connectivity index (χ2v) is 12.0. The predicted octanol–water partition coefficient (Wildman–Crippen LogP) is 4.68. The number of benzene rings is 1. The Labute approximate surface area is 231 Å². The van der Waals surface area contributed by atoms with Gasteiger partial charge in [-0.25, -0.2) is 18.3 Å². The summed E-state index contributed by atoms with van der Waals surface area (Å²) in [5, 5.41) is 9.25. The molecule has 0 atom stereocenters. The zero-order chi connectivity index (χ0) is 29.0. The lowest BCUT2D eigenvalue weighted by molar-refractivity contribution is 0.0187. The zero-order valence-corrected chi connectivity index (χ0v) is 23.2. The van der Waals surface area contributed by atoms with Crippen LogP contribution in [0.1, 0.15) is 79.7 Å². The molecule has 3 heterocycles. The molecule has 40 heavy (non-hydrogen) atoms. The lowest BCUT2D eigenvalue weighted by Crippen LogP contribution is -2.43. The molecule has 1 spiro atoms. The zero-order valence-electron chi connectivity index (χ0n) is 23.2. The van der Waals surface area contributed by atoms with Crippen molar-refractivity contribution in [3.63, 3.8) is 0 Å². The second-order valence-electron chi connectivity index (χ2n) is 12.0. The highest BCUT2D eigenvalue weighted by molar-refractivity contribution is 6.03. The minimum Gasteiger partial charge on any atom is -0.444 e. The number of nitrogen functional groups attached to an aromatic ring is 1. The Balaban J connectivity index is 1.35. The van der Waals surface area contributed by atoms with Gasteiger partial charge in [0, 0.05) is 30.4 Å². The number of rotatable bonds is 6. The number of aromatic nitrogens is 4. The van der Waals surface area contributed by atoms with Crippen molar-refractivity contribution in [2.75, 3.05) is 18.8 Å². The van der Waals surface area contributed by atoms with E-state index in [2.05, 4.69) is 5.10 Å². The van der Waals surface area contributed by atoms with Crippen LogP contribution in [0.15, 0.2) is 30.5 Å². The maximum absolute atomic E-state index is 13.1. The summed E-state index contributed by atoms with van der Waals surface area (Å²) in [5.74, 6) is -0.498. The van der Waals surface area contributed by atoms with Crippen LogP contribution in [0, 0.1) is 12.3 Å². The van der Waals surface area contributed by atoms with Gasteiger partial charge in [-0.1, -0.05) is 18.2 Å². The molecule has 2 amide bonds. The first-order chi connectivity index (χ1) is 18.7. The molecule has 1 saturated heterocycles. The molecule has 0 unspecified atom stereocenters. The number of nitrogens with two attached hydrogens (primary N) is 2. The van der Waals surface area contributed by atoms with E-state index in [-0.39, 0.29) is 41.0 Å². The molecule has 2 aromatic heterocycles. The minimum absolute atomic E-state index is 0.0411. The number of carbonyl (C=O) groups is 2. The van der Waals surface area contributed by atoms with E-state index in [0.29, 0.717) is 35.6 Å². The molecule has 2 aliphatic rings. The normalized spacial score (nSPS) is 20.8. The average molecular weight is 556 g/mol. The summed E-state index contributed by atoms with van der Waals surface area (Å²) < 4.78 is 35.1. The maximum Gasteiger partial charge on any atom is 0.410 e. The average Bonchev–Trinajstić information content (AvgIpc) is 3.52. The number of nitrogens with zero attached hydrogens (tertiary/aromatic N) is 5. The Morgan fingerprint density at radius 3 is 2.60 bits per heavy atom. The first kappa shape index (κ1) is 27.6. The van der Waals surface area contributed by atoms with Gasteiger partial charge in [0.2, 0.25) is 0 Å². The first-order valence-electron chi connectivity index (χ1n) is 13.3. The van der Waals surface area contributed by atoms with E-state index in [4.69, 9.17) is 21.3 Å². The van der Waals surface area contributed by atoms with E-state index in [1.54, 1.807) is 39.5 Å². The fraction of sp³-hybridized carbons (Fsp3) is 0.500. The van der Waals surface area contributed by atoms with Crippen molar-refractivity contribution in [2.24, 2.45) is 11.1 Å². The van der Waals surface area contributed by atoms with Gasteiger partial charge in [-0.3, -0.25) is 9.48 Å². The predicted molar refractivity (Wildman–Crippen MR) is 145 cm³/mol. The molecule has 1 aromatic carbocycles. The molecular formula is C28H35F2N7O3. The van der Waals surface area contributed by atoms with Crippen LogP contribution in [0.3, 0.4) is 0 Å². The van der Waals surface area contributed by atoms with Gasteiger partial charge in [-0.15, -0.1) is 0 Å². The van der Waals surface area contributed by atoms with Gasteiger partial charge < -0.3 is 21.1 Å². The van der Waals surface area contributed by atoms with Crippen molar-refractivity contribution in [2.45, 2.75) is 71.6 Å². The van der Waals surface area contributed by atoms with Crippen LogP contribution in [-0.2, 0) is 11.3 Å². The lowest BCUT2D eigenvalue weighted by Gasteiger charge is -2.45. The lowest BCUT2D eigenvalue weighted by atomic mass is 9.65. The third-order valence-electron chi connectivity index (χ3n) is 7.72. The third kappa shape index (κ3) is 5.26. The van der Waals surface area contributed by atoms with E-state index in [1.807, 2.05) is 20.8 Å². The molecule has 2 fully saturated rings. The molecule has 0 radical (unpaired) electrons. The number of amides is 2. The smallest absolute Gasteiger partial charge is 0.410 e. The fourth-order valence-corrected chi connectivity index (χ4v) is 5.87. The van der Waals surface area contributed by atoms with Crippen LogP contribution in [0.2, 0.25) is 0 Å². The van der Waals surface area contributed by atoms with Crippen LogP contribution in [-0.4, -0.2) is 55.2 Å². The van der Waals surface area contributed by atoms with Gasteiger partial charge in [-0.05, 0) is 64.0 Å². The molecule has 10 nitrogen and oxygen atoms in total. The van der Waals surface area contributed by atoms with E-state index in [9.17, 15) is 18.4 Å². The molecule has 4 N–H and O–H groups in total. The number of carbonyl (C=O) groups excluding carboxylic acids is 2. The van der Waals surface area contributed by atoms with Crippen molar-refractivity contribution in [1.82, 2.24) is 24.5 Å². The minimum atomic E-state index is -2.56. The molecule has 214 valence electrons. The Bertz CT molecular complexity index is 1450. The number of anilines is 1. The molecule has 12 heteroatoms. The van der Waals surface area contributed by atoms with Gasteiger partial charge in [0.05, 0.1) is 18.3 Å². The number of alkyl halides is 2. The van der Waals surface area contributed by atoms with Gasteiger partial charge >= 0.3 is 6.09 Å². The van der Waals surface area contributed by atoms with Crippen molar-refractivity contribution in [3.05, 3.63) is 52.8 Å². The summed E-state index contributed by atoms with van der Waals surface area (Å²) in [5.41, 5.74) is 13.9. The van der Waals surface area contributed by atoms with Gasteiger partial charge in [0.1, 0.15) is 22.7 Å². The maximum atomic E-state index is 13.1. The largest absolute Gasteiger partial charge is 0.444 e. The van der Waals surface area contributed by atoms with Crippen LogP contribution in [0.25, 0.3) is 11.3 Å². The number of halogens is 2. The van der Waals surface area contributed by atoms with Crippen molar-refractivity contribution in [3.8, 4) is 11.3 Å². The Kier molecular flexibility index (Phi) is 6.83. The monoisotopic (exact) mass is 555 g/mol. The summed E-state index contributed by atoms with van der Waals surface area (Å²) in [6, 6.07) is 6.13. The standard InChI is InChI=1S/C28H35F2N7O3/c1-16-20(14-36(33-16)13-17-6-5-7-18(10-17)23(29)30)22-21(25(32)38)24(31)37(34-22)19-11-28(12-19)8-9-35(15-28)26(39)40-27(2,3)4/h5-7,10,14,19,23H,8-9,11-13,15,31H2,1-4H3,(H2,32,38). The quantitative estimate of drug-likeness (QED) is 0.453. The van der Waals surface area contributed by atoms with Crippen molar-refractivity contribution < 1.29 is 23.1 Å². The molecule has 5 rings (SSSR count). The number of primary amides is 1. The van der Waals surface area contributed by atoms with Crippen LogP contribution >= 0.6 is 0 Å². The molecule has 1 aliphatic carbocycles. The van der Waals surface area contributed by atoms with E-state index in [0.717, 1.165) is 19.3 Å². The SMILES string of the molecule is Cc1nn(Cc2cccc(C(F)F)c2)cc1-c1nn(C2CC3(CCN(C(=O)OC(C)(C)C)C3)C2)c(N)c1C(N)=O. The number of aryl methyl sites for hydroxylation is 1. The van der Waals surface area contributed by atoms with Gasteiger partial charge in [0.15, 0.2) is 0 Å². The van der Waals surface area contributed by atoms with Crippen molar-refractivity contribution >= 4 is 17.8 Å². The highest BCUT2D eigenvalue weighted by atomic mass is 19.3. The van der Waals surface area contributed by atoms with Crippen LogP contribution in [0.5, 0.6) is 0 Å². The van der Waals surface area contributed by atoms with Crippen LogP contribution < -0.4 is 11.5 Å². The number of hydrogen-bond acceptors (Lipinski definition) is 6. The van der Waals surface area contributed by atoms with E-state index < -0.39 is 17.9 Å². The Hall–Kier alpha value is -3.96. The highest BCUT2D eigenvalue weighted by Crippen LogP contribution is 2.55. The second kappa shape index (κ2) is 9.90. The van der Waals surface area contributed by atoms with E-state index >= 15 is 0 Å². The van der Waals surface area contributed by atoms with Crippen LogP contribution in [0.4, 0.5) is 19.4 Å². The topological polar surface area (TPSA) is 134 Å². The molecular weight excluding hydrogens is 520 g/mol. The summed E-state index contributed by atoms with van der Waals surface area (Å²) in [4.78, 5) is 26.8. The molecule has 0 bridgehead atoms. The summed E-state index contributed by atoms with van der Waals surface area (Å²) >= 11 is 0. The Morgan fingerprint density at radius 2 is 1.95 bits per heavy atom. The number of likely N-dealkylation sites (tertiary alicyclic amines) is 1. The Morgan fingerprint density at radius 1 is 1.23 bits per heavy atom. The molecule has 1 saturated carbocycles. The third-order valence-corrected chi connectivity index (χ3v) is 7.72. The number of hydrogen-bond donors (Lipinski definition) is 2. The van der Waals surface area contributed by atoms with Crippen molar-refractivity contribution in [1.29, 1.82) is 0 Å². The summed E-state index contributed by atoms with van der Waals surface area (Å²) in [6.45, 7) is 8.83. The van der Waals surface area contributed by atoms with Gasteiger partial charge in [-0.2, -0.15) is 10.2 Å². The first-order valence-corrected chi connectivity index (χ1v) is 13.3.